The Kier molecular flexibility index (Phi) is 8.92. The molecule has 0 spiro atoms. The molecular formula is C21H24F2N2O3S. The Labute approximate surface area is 173 Å². The van der Waals surface area contributed by atoms with Crippen molar-refractivity contribution in [3.63, 3.8) is 0 Å². The zero-order valence-electron chi connectivity index (χ0n) is 16.3. The first-order valence-electron chi connectivity index (χ1n) is 9.30. The summed E-state index contributed by atoms with van der Waals surface area (Å²) in [7, 11) is 0. The van der Waals surface area contributed by atoms with Crippen LogP contribution in [0.1, 0.15) is 37.0 Å². The molecule has 0 aliphatic heterocycles. The van der Waals surface area contributed by atoms with Crippen molar-refractivity contribution in [2.75, 3.05) is 11.9 Å². The summed E-state index contributed by atoms with van der Waals surface area (Å²) < 4.78 is 30.0. The average molecular weight is 422 g/mol. The van der Waals surface area contributed by atoms with E-state index in [2.05, 4.69) is 10.6 Å². The minimum atomic E-state index is -2.48. The fourth-order valence-corrected chi connectivity index (χ4v) is 3.12. The van der Waals surface area contributed by atoms with Crippen molar-refractivity contribution in [2.24, 2.45) is 0 Å². The second-order valence-corrected chi connectivity index (χ2v) is 7.29. The van der Waals surface area contributed by atoms with Crippen molar-refractivity contribution in [3.05, 3.63) is 54.1 Å². The van der Waals surface area contributed by atoms with Gasteiger partial charge < -0.3 is 15.4 Å². The van der Waals surface area contributed by atoms with Gasteiger partial charge >= 0.3 is 5.97 Å². The lowest BCUT2D eigenvalue weighted by atomic mass is 10.1. The minimum absolute atomic E-state index is 0.0568. The van der Waals surface area contributed by atoms with Crippen molar-refractivity contribution >= 4 is 35.0 Å². The highest BCUT2D eigenvalue weighted by Crippen LogP contribution is 2.28. The number of anilines is 2. The first-order chi connectivity index (χ1) is 13.9. The summed E-state index contributed by atoms with van der Waals surface area (Å²) in [4.78, 5) is 24.8. The summed E-state index contributed by atoms with van der Waals surface area (Å²) in [6, 6.07) is 13.2. The number of carbonyl (C=O) groups is 2. The number of nitrogens with one attached hydrogen (secondary N) is 2. The molecule has 8 heteroatoms. The number of carbonyl (C=O) groups excluding carboxylic acids is 2. The molecule has 2 aromatic carbocycles. The minimum Gasteiger partial charge on any atom is -0.452 e. The Bertz CT molecular complexity index is 812. The number of rotatable bonds is 10. The molecule has 0 aromatic heterocycles. The molecule has 2 rings (SSSR count). The summed E-state index contributed by atoms with van der Waals surface area (Å²) >= 11 is 0.465. The van der Waals surface area contributed by atoms with Gasteiger partial charge in [0.2, 0.25) is 0 Å². The number of hydrogen-bond donors (Lipinski definition) is 2. The van der Waals surface area contributed by atoms with Crippen LogP contribution in [0.5, 0.6) is 0 Å². The maximum absolute atomic E-state index is 12.4. The van der Waals surface area contributed by atoms with E-state index in [4.69, 9.17) is 4.74 Å². The lowest BCUT2D eigenvalue weighted by molar-refractivity contribution is -0.125. The van der Waals surface area contributed by atoms with Gasteiger partial charge in [-0.1, -0.05) is 37.7 Å². The molecule has 0 fully saturated rings. The molecule has 0 saturated carbocycles. The molecule has 29 heavy (non-hydrogen) atoms. The topological polar surface area (TPSA) is 67.4 Å². The Morgan fingerprint density at radius 2 is 1.69 bits per heavy atom. The fourth-order valence-electron chi connectivity index (χ4n) is 2.62. The van der Waals surface area contributed by atoms with Crippen LogP contribution in [0.25, 0.3) is 0 Å². The van der Waals surface area contributed by atoms with Crippen molar-refractivity contribution in [1.82, 2.24) is 5.32 Å². The summed E-state index contributed by atoms with van der Waals surface area (Å²) in [6.07, 6.45) is 1.61. The first-order valence-corrected chi connectivity index (χ1v) is 10.2. The maximum atomic E-state index is 12.4. The number of amides is 1. The molecule has 0 atom stereocenters. The molecule has 0 heterocycles. The van der Waals surface area contributed by atoms with Crippen LogP contribution in [0, 0.1) is 0 Å². The lowest BCUT2D eigenvalue weighted by Crippen LogP contribution is -2.36. The number of ether oxygens (including phenoxy) is 1. The van der Waals surface area contributed by atoms with Crippen LogP contribution in [0.2, 0.25) is 0 Å². The van der Waals surface area contributed by atoms with Gasteiger partial charge in [0, 0.05) is 16.6 Å². The van der Waals surface area contributed by atoms with Gasteiger partial charge in [-0.3, -0.25) is 4.79 Å². The van der Waals surface area contributed by atoms with Crippen LogP contribution in [0.4, 0.5) is 20.2 Å². The van der Waals surface area contributed by atoms with Gasteiger partial charge in [-0.15, -0.1) is 0 Å². The van der Waals surface area contributed by atoms with Crippen molar-refractivity contribution in [3.8, 4) is 0 Å². The van der Waals surface area contributed by atoms with Gasteiger partial charge in [0.15, 0.2) is 6.61 Å². The predicted octanol–water partition coefficient (Wildman–Crippen LogP) is 5.21. The Morgan fingerprint density at radius 1 is 1.03 bits per heavy atom. The zero-order valence-corrected chi connectivity index (χ0v) is 17.1. The average Bonchev–Trinajstić information content (AvgIpc) is 2.71. The van der Waals surface area contributed by atoms with Crippen LogP contribution < -0.4 is 10.6 Å². The molecule has 0 aliphatic carbocycles. The van der Waals surface area contributed by atoms with Gasteiger partial charge in [-0.2, -0.15) is 8.78 Å². The number of esters is 1. The number of benzene rings is 2. The molecule has 0 saturated heterocycles. The Morgan fingerprint density at radius 3 is 2.31 bits per heavy atom. The third-order valence-electron chi connectivity index (χ3n) is 4.19. The van der Waals surface area contributed by atoms with E-state index in [1.807, 2.05) is 13.8 Å². The highest BCUT2D eigenvalue weighted by molar-refractivity contribution is 7.99. The first kappa shape index (κ1) is 22.7. The normalized spacial score (nSPS) is 10.8. The van der Waals surface area contributed by atoms with Gasteiger partial charge in [0.05, 0.1) is 11.3 Å². The van der Waals surface area contributed by atoms with Gasteiger partial charge in [0.1, 0.15) is 0 Å². The monoisotopic (exact) mass is 422 g/mol. The third-order valence-corrected chi connectivity index (χ3v) is 4.91. The quantitative estimate of drug-likeness (QED) is 0.407. The largest absolute Gasteiger partial charge is 0.452 e. The van der Waals surface area contributed by atoms with E-state index in [-0.39, 0.29) is 24.1 Å². The summed E-state index contributed by atoms with van der Waals surface area (Å²) in [5.74, 6) is -3.45. The second-order valence-electron chi connectivity index (χ2n) is 6.23. The second kappa shape index (κ2) is 11.4. The van der Waals surface area contributed by atoms with Crippen LogP contribution >= 0.6 is 11.8 Å². The van der Waals surface area contributed by atoms with Gasteiger partial charge in [-0.05, 0) is 49.2 Å². The zero-order chi connectivity index (χ0) is 21.2. The molecular weight excluding hydrogens is 398 g/mol. The SMILES string of the molecule is CCC(CC)NC(=O)COC(=O)c1ccccc1Nc1ccc(SC(F)F)cc1. The molecule has 0 radical (unpaired) electrons. The van der Waals surface area contributed by atoms with E-state index in [1.165, 1.54) is 0 Å². The molecule has 156 valence electrons. The van der Waals surface area contributed by atoms with Crippen LogP contribution in [0.3, 0.4) is 0 Å². The molecule has 5 nitrogen and oxygen atoms in total. The van der Waals surface area contributed by atoms with Crippen molar-refractivity contribution in [1.29, 1.82) is 0 Å². The summed E-state index contributed by atoms with van der Waals surface area (Å²) in [5, 5.41) is 5.88. The van der Waals surface area contributed by atoms with E-state index >= 15 is 0 Å². The highest BCUT2D eigenvalue weighted by Gasteiger charge is 2.16. The number of para-hydroxylation sites is 1. The summed E-state index contributed by atoms with van der Waals surface area (Å²) in [5.41, 5.74) is 1.40. The van der Waals surface area contributed by atoms with E-state index in [0.717, 1.165) is 12.8 Å². The van der Waals surface area contributed by atoms with E-state index in [0.29, 0.717) is 28.0 Å². The summed E-state index contributed by atoms with van der Waals surface area (Å²) in [6.45, 7) is 3.59. The van der Waals surface area contributed by atoms with Crippen LogP contribution in [-0.4, -0.2) is 30.3 Å². The predicted molar refractivity (Wildman–Crippen MR) is 111 cm³/mol. The molecule has 0 unspecified atom stereocenters. The maximum Gasteiger partial charge on any atom is 0.340 e. The number of halogens is 2. The lowest BCUT2D eigenvalue weighted by Gasteiger charge is -2.15. The van der Waals surface area contributed by atoms with Gasteiger partial charge in [-0.25, -0.2) is 4.79 Å². The molecule has 0 bridgehead atoms. The number of thioether (sulfide) groups is 1. The third kappa shape index (κ3) is 7.38. The number of hydrogen-bond acceptors (Lipinski definition) is 5. The smallest absolute Gasteiger partial charge is 0.340 e. The fraction of sp³-hybridized carbons (Fsp3) is 0.333. The molecule has 1 amide bonds. The standard InChI is InChI=1S/C21H24F2N2O3S/c1-3-14(4-2)25-19(26)13-28-20(27)17-7-5-6-8-18(17)24-15-9-11-16(12-10-15)29-21(22)23/h5-12,14,21,24H,3-4,13H2,1-2H3,(H,25,26). The van der Waals surface area contributed by atoms with Crippen LogP contribution in [0.15, 0.2) is 53.4 Å². The van der Waals surface area contributed by atoms with E-state index < -0.39 is 11.7 Å². The van der Waals surface area contributed by atoms with Gasteiger partial charge in [0.25, 0.3) is 11.7 Å². The van der Waals surface area contributed by atoms with Crippen molar-refractivity contribution < 1.29 is 23.1 Å². The van der Waals surface area contributed by atoms with E-state index in [9.17, 15) is 18.4 Å². The Balaban J connectivity index is 2.00. The molecule has 2 N–H and O–H groups in total. The number of alkyl halides is 2. The van der Waals surface area contributed by atoms with Crippen LogP contribution in [-0.2, 0) is 9.53 Å². The van der Waals surface area contributed by atoms with Crippen molar-refractivity contribution in [2.45, 2.75) is 43.4 Å². The van der Waals surface area contributed by atoms with E-state index in [1.54, 1.807) is 48.5 Å². The highest BCUT2D eigenvalue weighted by atomic mass is 32.2. The molecule has 2 aromatic rings. The molecule has 0 aliphatic rings. The Hall–Kier alpha value is -2.61.